The lowest BCUT2D eigenvalue weighted by molar-refractivity contribution is -0.137. The summed E-state index contributed by atoms with van der Waals surface area (Å²) < 4.78 is 0. The molecule has 0 radical (unpaired) electrons. The number of aliphatic carboxylic acids is 1. The van der Waals surface area contributed by atoms with E-state index in [1.807, 2.05) is 25.2 Å². The summed E-state index contributed by atoms with van der Waals surface area (Å²) in [5, 5.41) is 17.8. The van der Waals surface area contributed by atoms with Gasteiger partial charge in [0.15, 0.2) is 0 Å². The van der Waals surface area contributed by atoms with E-state index < -0.39 is 5.97 Å². The van der Waals surface area contributed by atoms with E-state index in [1.165, 1.54) is 0 Å². The van der Waals surface area contributed by atoms with Gasteiger partial charge in [-0.3, -0.25) is 4.79 Å². The van der Waals surface area contributed by atoms with Crippen molar-refractivity contribution in [1.82, 2.24) is 0 Å². The number of aliphatic hydroxyl groups is 1. The van der Waals surface area contributed by atoms with E-state index in [1.54, 1.807) is 6.08 Å². The van der Waals surface area contributed by atoms with Crippen molar-refractivity contribution in [2.75, 3.05) is 0 Å². The molecule has 2 N–H and O–H groups in total. The van der Waals surface area contributed by atoms with Gasteiger partial charge < -0.3 is 10.2 Å². The molecular formula is C20H30O3. The first-order chi connectivity index (χ1) is 11.2. The van der Waals surface area contributed by atoms with Crippen molar-refractivity contribution in [1.29, 1.82) is 0 Å². The van der Waals surface area contributed by atoms with Gasteiger partial charge in [-0.05, 0) is 38.5 Å². The molecule has 0 aromatic heterocycles. The molecule has 0 saturated carbocycles. The quantitative estimate of drug-likeness (QED) is 0.286. The highest BCUT2D eigenvalue weighted by Crippen LogP contribution is 1.99. The molecule has 1 atom stereocenters. The van der Waals surface area contributed by atoms with Crippen LogP contribution in [-0.4, -0.2) is 22.3 Å². The number of aliphatic hydroxyl groups excluding tert-OH is 1. The molecule has 0 aliphatic rings. The van der Waals surface area contributed by atoms with Crippen molar-refractivity contribution in [3.8, 4) is 0 Å². The monoisotopic (exact) mass is 318 g/mol. The predicted molar refractivity (Wildman–Crippen MR) is 97.3 cm³/mol. The first-order valence-corrected chi connectivity index (χ1v) is 8.35. The zero-order valence-corrected chi connectivity index (χ0v) is 14.1. The van der Waals surface area contributed by atoms with E-state index in [2.05, 4.69) is 36.5 Å². The van der Waals surface area contributed by atoms with Crippen molar-refractivity contribution >= 4 is 5.97 Å². The summed E-state index contributed by atoms with van der Waals surface area (Å²) in [5.74, 6) is -0.727. The molecule has 0 saturated heterocycles. The molecular weight excluding hydrogens is 288 g/mol. The zero-order chi connectivity index (χ0) is 17.2. The minimum Gasteiger partial charge on any atom is -0.481 e. The standard InChI is InChI=1S/C20H30O3/c1-2-19(21)17-15-13-11-9-7-5-3-4-6-8-10-12-14-16-18-20(22)23/h4-7,10-13,15,17,19,21H,2-3,8-9,14,16,18H2,1H3,(H,22,23)/b6-4?,7-5?,12-10?,13-11?,17-15+. The molecule has 3 heteroatoms. The lowest BCUT2D eigenvalue weighted by Crippen LogP contribution is -1.97. The van der Waals surface area contributed by atoms with E-state index in [9.17, 15) is 9.90 Å². The predicted octanol–water partition coefficient (Wildman–Crippen LogP) is 4.96. The number of hydrogen-bond acceptors (Lipinski definition) is 2. The van der Waals surface area contributed by atoms with Gasteiger partial charge >= 0.3 is 5.97 Å². The van der Waals surface area contributed by atoms with Crippen molar-refractivity contribution in [2.24, 2.45) is 0 Å². The molecule has 0 aliphatic heterocycles. The molecule has 0 aromatic carbocycles. The van der Waals surface area contributed by atoms with Crippen LogP contribution in [-0.2, 0) is 4.79 Å². The topological polar surface area (TPSA) is 57.5 Å². The van der Waals surface area contributed by atoms with Gasteiger partial charge in [0.2, 0.25) is 0 Å². The highest BCUT2D eigenvalue weighted by Gasteiger charge is 1.92. The Kier molecular flexibility index (Phi) is 15.2. The Hall–Kier alpha value is -1.87. The van der Waals surface area contributed by atoms with Gasteiger partial charge in [0.25, 0.3) is 0 Å². The first kappa shape index (κ1) is 21.1. The number of carboxylic acids is 1. The molecule has 0 fully saturated rings. The summed E-state index contributed by atoms with van der Waals surface area (Å²) in [6, 6.07) is 0. The number of carboxylic acid groups (broad SMARTS) is 1. The summed E-state index contributed by atoms with van der Waals surface area (Å²) in [5.41, 5.74) is 0. The van der Waals surface area contributed by atoms with Crippen LogP contribution in [0, 0.1) is 0 Å². The van der Waals surface area contributed by atoms with Crippen molar-refractivity contribution in [3.63, 3.8) is 0 Å². The summed E-state index contributed by atoms with van der Waals surface area (Å²) in [6.45, 7) is 1.95. The smallest absolute Gasteiger partial charge is 0.303 e. The maximum absolute atomic E-state index is 10.3. The molecule has 23 heavy (non-hydrogen) atoms. The average molecular weight is 318 g/mol. The molecule has 1 unspecified atom stereocenters. The Morgan fingerprint density at radius 3 is 2.04 bits per heavy atom. The van der Waals surface area contributed by atoms with E-state index in [0.717, 1.165) is 32.1 Å². The minimum absolute atomic E-state index is 0.244. The Labute approximate surface area is 140 Å². The Bertz CT molecular complexity index is 428. The fourth-order valence-electron chi connectivity index (χ4n) is 1.69. The number of unbranched alkanes of at least 4 members (excludes halogenated alkanes) is 1. The SMILES string of the molecule is CCC(O)/C=C/C=CCC=CCC=CCC=CCCCC(=O)O. The molecule has 3 nitrogen and oxygen atoms in total. The number of allylic oxidation sites excluding steroid dienone is 9. The fourth-order valence-corrected chi connectivity index (χ4v) is 1.69. The highest BCUT2D eigenvalue weighted by atomic mass is 16.4. The van der Waals surface area contributed by atoms with Crippen LogP contribution < -0.4 is 0 Å². The average Bonchev–Trinajstić information content (AvgIpc) is 2.53. The number of hydrogen-bond donors (Lipinski definition) is 2. The van der Waals surface area contributed by atoms with Crippen LogP contribution in [0.5, 0.6) is 0 Å². The molecule has 0 amide bonds. The fraction of sp³-hybridized carbons (Fsp3) is 0.450. The van der Waals surface area contributed by atoms with Gasteiger partial charge in [-0.25, -0.2) is 0 Å². The molecule has 0 aliphatic carbocycles. The molecule has 0 bridgehead atoms. The summed E-state index contributed by atoms with van der Waals surface area (Å²) in [4.78, 5) is 10.3. The Morgan fingerprint density at radius 2 is 1.48 bits per heavy atom. The molecule has 0 aromatic rings. The third-order valence-corrected chi connectivity index (χ3v) is 3.08. The van der Waals surface area contributed by atoms with Crippen molar-refractivity contribution < 1.29 is 15.0 Å². The van der Waals surface area contributed by atoms with Crippen LogP contribution in [0.1, 0.15) is 51.9 Å². The summed E-state index contributed by atoms with van der Waals surface area (Å²) in [7, 11) is 0. The third kappa shape index (κ3) is 18.1. The second-order valence-electron chi connectivity index (χ2n) is 5.20. The second kappa shape index (κ2) is 16.5. The van der Waals surface area contributed by atoms with Crippen LogP contribution in [0.25, 0.3) is 0 Å². The van der Waals surface area contributed by atoms with Crippen LogP contribution in [0.3, 0.4) is 0 Å². The van der Waals surface area contributed by atoms with Gasteiger partial charge in [-0.1, -0.05) is 67.7 Å². The van der Waals surface area contributed by atoms with Crippen molar-refractivity contribution in [3.05, 3.63) is 60.8 Å². The third-order valence-electron chi connectivity index (χ3n) is 3.08. The molecule has 128 valence electrons. The van der Waals surface area contributed by atoms with E-state index >= 15 is 0 Å². The number of rotatable bonds is 13. The Balaban J connectivity index is 3.55. The maximum Gasteiger partial charge on any atom is 0.303 e. The van der Waals surface area contributed by atoms with Gasteiger partial charge in [0, 0.05) is 6.42 Å². The molecule has 0 spiro atoms. The van der Waals surface area contributed by atoms with Crippen LogP contribution in [0.2, 0.25) is 0 Å². The van der Waals surface area contributed by atoms with Gasteiger partial charge in [0.05, 0.1) is 6.10 Å². The normalized spacial score (nSPS) is 14.2. The summed E-state index contributed by atoms with van der Waals surface area (Å²) >= 11 is 0. The van der Waals surface area contributed by atoms with Gasteiger partial charge in [0.1, 0.15) is 0 Å². The Morgan fingerprint density at radius 1 is 0.913 bits per heavy atom. The van der Waals surface area contributed by atoms with Gasteiger partial charge in [-0.2, -0.15) is 0 Å². The van der Waals surface area contributed by atoms with Gasteiger partial charge in [-0.15, -0.1) is 0 Å². The largest absolute Gasteiger partial charge is 0.481 e. The van der Waals surface area contributed by atoms with Crippen LogP contribution >= 0.6 is 0 Å². The van der Waals surface area contributed by atoms with Crippen LogP contribution in [0.15, 0.2) is 60.8 Å². The van der Waals surface area contributed by atoms with E-state index in [0.29, 0.717) is 6.42 Å². The van der Waals surface area contributed by atoms with Crippen LogP contribution in [0.4, 0.5) is 0 Å². The molecule has 0 rings (SSSR count). The van der Waals surface area contributed by atoms with Crippen molar-refractivity contribution in [2.45, 2.75) is 58.0 Å². The summed E-state index contributed by atoms with van der Waals surface area (Å²) in [6.07, 6.45) is 25.2. The lowest BCUT2D eigenvalue weighted by atomic mass is 10.2. The minimum atomic E-state index is -0.727. The second-order valence-corrected chi connectivity index (χ2v) is 5.20. The molecule has 0 heterocycles. The van der Waals surface area contributed by atoms with E-state index in [4.69, 9.17) is 5.11 Å². The van der Waals surface area contributed by atoms with E-state index in [-0.39, 0.29) is 12.5 Å². The lowest BCUT2D eigenvalue weighted by Gasteiger charge is -1.95. The maximum atomic E-state index is 10.3. The zero-order valence-electron chi connectivity index (χ0n) is 14.1. The first-order valence-electron chi connectivity index (χ1n) is 8.35. The number of carbonyl (C=O) groups is 1. The highest BCUT2D eigenvalue weighted by molar-refractivity contribution is 5.66.